The summed E-state index contributed by atoms with van der Waals surface area (Å²) in [5.74, 6) is 0. The Morgan fingerprint density at radius 2 is 2.31 bits per heavy atom. The van der Waals surface area contributed by atoms with Crippen molar-refractivity contribution >= 4 is 12.2 Å². The van der Waals surface area contributed by atoms with Gasteiger partial charge in [-0.25, -0.2) is 0 Å². The number of rotatable bonds is 4. The number of imidazole rings is 1. The van der Waals surface area contributed by atoms with Crippen molar-refractivity contribution in [2.75, 3.05) is 20.6 Å². The van der Waals surface area contributed by atoms with Crippen molar-refractivity contribution in [3.05, 3.63) is 16.7 Å². The summed E-state index contributed by atoms with van der Waals surface area (Å²) in [4.78, 5) is 7.77. The summed E-state index contributed by atoms with van der Waals surface area (Å²) in [5, 5.41) is 9.57. The highest BCUT2D eigenvalue weighted by Crippen LogP contribution is 1.99. The summed E-state index contributed by atoms with van der Waals surface area (Å²) >= 11 is 4.87. The summed E-state index contributed by atoms with van der Waals surface area (Å²) in [5.41, 5.74) is 0.944. The lowest BCUT2D eigenvalue weighted by Crippen LogP contribution is -2.27. The summed E-state index contributed by atoms with van der Waals surface area (Å²) < 4.78 is 0.604. The fourth-order valence-corrected chi connectivity index (χ4v) is 1.41. The van der Waals surface area contributed by atoms with Crippen LogP contribution in [0.25, 0.3) is 0 Å². The zero-order chi connectivity index (χ0) is 9.84. The van der Waals surface area contributed by atoms with Gasteiger partial charge in [0.15, 0.2) is 4.77 Å². The van der Waals surface area contributed by atoms with Crippen LogP contribution in [-0.2, 0) is 6.42 Å². The van der Waals surface area contributed by atoms with Crippen molar-refractivity contribution < 1.29 is 5.11 Å². The molecule has 1 aromatic rings. The Balaban J connectivity index is 2.45. The van der Waals surface area contributed by atoms with Crippen molar-refractivity contribution in [1.29, 1.82) is 0 Å². The Morgan fingerprint density at radius 1 is 1.62 bits per heavy atom. The maximum Gasteiger partial charge on any atom is 0.174 e. The summed E-state index contributed by atoms with van der Waals surface area (Å²) in [6.45, 7) is 0.659. The summed E-state index contributed by atoms with van der Waals surface area (Å²) in [6, 6.07) is 0. The number of H-pyrrole nitrogens is 2. The van der Waals surface area contributed by atoms with E-state index in [9.17, 15) is 5.11 Å². The first-order valence-electron chi connectivity index (χ1n) is 4.17. The van der Waals surface area contributed by atoms with E-state index in [2.05, 4.69) is 9.97 Å². The van der Waals surface area contributed by atoms with Crippen LogP contribution in [0, 0.1) is 4.77 Å². The third-order valence-electron chi connectivity index (χ3n) is 1.68. The van der Waals surface area contributed by atoms with E-state index in [4.69, 9.17) is 12.2 Å². The van der Waals surface area contributed by atoms with Crippen molar-refractivity contribution in [2.45, 2.75) is 12.5 Å². The first kappa shape index (κ1) is 10.4. The molecule has 0 amide bonds. The molecule has 0 aliphatic heterocycles. The highest BCUT2D eigenvalue weighted by atomic mass is 32.1. The number of likely N-dealkylation sites (N-methyl/N-ethyl adjacent to an activating group) is 1. The molecule has 1 unspecified atom stereocenters. The molecule has 0 radical (unpaired) electrons. The quantitative estimate of drug-likeness (QED) is 0.623. The lowest BCUT2D eigenvalue weighted by molar-refractivity contribution is 0.136. The molecule has 1 rings (SSSR count). The third-order valence-corrected chi connectivity index (χ3v) is 1.90. The SMILES string of the molecule is CN(C)CC(O)Cc1c[nH]c(=S)[nH]1. The Hall–Kier alpha value is -0.650. The molecule has 4 nitrogen and oxygen atoms in total. The van der Waals surface area contributed by atoms with Crippen LogP contribution in [0.3, 0.4) is 0 Å². The smallest absolute Gasteiger partial charge is 0.174 e. The molecule has 0 aromatic carbocycles. The number of nitrogens with one attached hydrogen (secondary N) is 2. The molecule has 0 saturated carbocycles. The van der Waals surface area contributed by atoms with Gasteiger partial charge in [0.05, 0.1) is 6.10 Å². The molecule has 3 N–H and O–H groups in total. The van der Waals surface area contributed by atoms with Crippen LogP contribution in [0.1, 0.15) is 5.69 Å². The molecule has 0 fully saturated rings. The second-order valence-electron chi connectivity index (χ2n) is 3.39. The van der Waals surface area contributed by atoms with Gasteiger partial charge in [0, 0.05) is 24.9 Å². The molecule has 1 atom stereocenters. The van der Waals surface area contributed by atoms with Gasteiger partial charge in [-0.1, -0.05) is 0 Å². The van der Waals surface area contributed by atoms with Gasteiger partial charge in [0.25, 0.3) is 0 Å². The van der Waals surface area contributed by atoms with Gasteiger partial charge in [-0.15, -0.1) is 0 Å². The molecule has 1 heterocycles. The van der Waals surface area contributed by atoms with Crippen molar-refractivity contribution in [2.24, 2.45) is 0 Å². The van der Waals surface area contributed by atoms with Gasteiger partial charge in [0.2, 0.25) is 0 Å². The van der Waals surface area contributed by atoms with E-state index in [0.717, 1.165) is 5.69 Å². The van der Waals surface area contributed by atoms with Crippen molar-refractivity contribution in [3.63, 3.8) is 0 Å². The third kappa shape index (κ3) is 3.71. The predicted molar refractivity (Wildman–Crippen MR) is 54.2 cm³/mol. The highest BCUT2D eigenvalue weighted by Gasteiger charge is 2.07. The average molecular weight is 201 g/mol. The molecule has 0 bridgehead atoms. The van der Waals surface area contributed by atoms with Gasteiger partial charge in [0.1, 0.15) is 0 Å². The average Bonchev–Trinajstić information content (AvgIpc) is 2.33. The Kier molecular flexibility index (Phi) is 3.65. The van der Waals surface area contributed by atoms with Gasteiger partial charge in [-0.2, -0.15) is 0 Å². The van der Waals surface area contributed by atoms with Gasteiger partial charge >= 0.3 is 0 Å². The number of aromatic amines is 2. The predicted octanol–water partition coefficient (Wildman–Crippen LogP) is 0.537. The van der Waals surface area contributed by atoms with Crippen LogP contribution < -0.4 is 0 Å². The fraction of sp³-hybridized carbons (Fsp3) is 0.625. The van der Waals surface area contributed by atoms with Crippen molar-refractivity contribution in [3.8, 4) is 0 Å². The minimum atomic E-state index is -0.351. The molecule has 13 heavy (non-hydrogen) atoms. The normalized spacial score (nSPS) is 13.5. The Bertz CT molecular complexity index is 304. The lowest BCUT2D eigenvalue weighted by atomic mass is 10.2. The monoisotopic (exact) mass is 201 g/mol. The Morgan fingerprint density at radius 3 is 2.77 bits per heavy atom. The van der Waals surface area contributed by atoms with Gasteiger partial charge in [-0.05, 0) is 26.3 Å². The van der Waals surface area contributed by atoms with Gasteiger partial charge in [-0.3, -0.25) is 0 Å². The first-order valence-corrected chi connectivity index (χ1v) is 4.58. The minimum Gasteiger partial charge on any atom is -0.391 e. The van der Waals surface area contributed by atoms with E-state index in [0.29, 0.717) is 17.7 Å². The molecule has 1 aromatic heterocycles. The van der Waals surface area contributed by atoms with Crippen molar-refractivity contribution in [1.82, 2.24) is 14.9 Å². The van der Waals surface area contributed by atoms with E-state index in [1.54, 1.807) is 6.20 Å². The number of nitrogens with zero attached hydrogens (tertiary/aromatic N) is 1. The maximum absolute atomic E-state index is 9.57. The second-order valence-corrected chi connectivity index (χ2v) is 3.80. The minimum absolute atomic E-state index is 0.351. The largest absolute Gasteiger partial charge is 0.391 e. The van der Waals surface area contributed by atoms with E-state index in [-0.39, 0.29) is 6.10 Å². The van der Waals surface area contributed by atoms with E-state index in [1.165, 1.54) is 0 Å². The maximum atomic E-state index is 9.57. The molecule has 74 valence electrons. The van der Waals surface area contributed by atoms with E-state index in [1.807, 2.05) is 19.0 Å². The van der Waals surface area contributed by atoms with Crippen LogP contribution in [0.4, 0.5) is 0 Å². The molecular formula is C8H15N3OS. The summed E-state index contributed by atoms with van der Waals surface area (Å²) in [6.07, 6.45) is 2.04. The number of aliphatic hydroxyl groups excluding tert-OH is 1. The second kappa shape index (κ2) is 4.55. The lowest BCUT2D eigenvalue weighted by Gasteiger charge is -2.14. The highest BCUT2D eigenvalue weighted by molar-refractivity contribution is 7.71. The van der Waals surface area contributed by atoms with E-state index < -0.39 is 0 Å². The zero-order valence-electron chi connectivity index (χ0n) is 7.87. The summed E-state index contributed by atoms with van der Waals surface area (Å²) in [7, 11) is 3.87. The number of hydrogen-bond acceptors (Lipinski definition) is 3. The van der Waals surface area contributed by atoms with Crippen LogP contribution in [0.15, 0.2) is 6.20 Å². The van der Waals surface area contributed by atoms with Crippen LogP contribution >= 0.6 is 12.2 Å². The molecule has 5 heteroatoms. The molecule has 0 saturated heterocycles. The molecule has 0 aliphatic carbocycles. The number of hydrogen-bond donors (Lipinski definition) is 3. The standard InChI is InChI=1S/C8H15N3OS/c1-11(2)5-7(12)3-6-4-9-8(13)10-6/h4,7,12H,3,5H2,1-2H3,(H2,9,10,13). The van der Waals surface area contributed by atoms with Crippen LogP contribution in [-0.4, -0.2) is 46.7 Å². The fourth-order valence-electron chi connectivity index (χ4n) is 1.22. The first-order chi connectivity index (χ1) is 6.08. The molecule has 0 spiro atoms. The molecular weight excluding hydrogens is 186 g/mol. The van der Waals surface area contributed by atoms with Crippen LogP contribution in [0.5, 0.6) is 0 Å². The zero-order valence-corrected chi connectivity index (χ0v) is 8.69. The molecule has 0 aliphatic rings. The number of aromatic nitrogens is 2. The van der Waals surface area contributed by atoms with Crippen LogP contribution in [0.2, 0.25) is 0 Å². The topological polar surface area (TPSA) is 55.0 Å². The van der Waals surface area contributed by atoms with E-state index >= 15 is 0 Å². The van der Waals surface area contributed by atoms with Gasteiger partial charge < -0.3 is 20.0 Å². The Labute approximate surface area is 82.6 Å². The number of aliphatic hydroxyl groups is 1.